The van der Waals surface area contributed by atoms with E-state index in [4.69, 9.17) is 11.6 Å². The minimum Gasteiger partial charge on any atom is -0.255 e. The SMILES string of the molecule is Cc1ccc(CNSc2ccc(Cl)cc2)cc1. The first-order chi connectivity index (χ1) is 8.24. The average molecular weight is 264 g/mol. The standard InChI is InChI=1S/C14H14ClNS/c1-11-2-4-12(5-3-11)10-16-17-14-8-6-13(15)7-9-14/h2-9,16H,10H2,1H3. The van der Waals surface area contributed by atoms with Crippen molar-refractivity contribution < 1.29 is 0 Å². The van der Waals surface area contributed by atoms with Crippen molar-refractivity contribution in [3.63, 3.8) is 0 Å². The Morgan fingerprint density at radius 2 is 1.65 bits per heavy atom. The van der Waals surface area contributed by atoms with Gasteiger partial charge in [0.1, 0.15) is 0 Å². The highest BCUT2D eigenvalue weighted by atomic mass is 35.5. The zero-order valence-corrected chi connectivity index (χ0v) is 11.2. The van der Waals surface area contributed by atoms with E-state index in [1.807, 2.05) is 24.3 Å². The lowest BCUT2D eigenvalue weighted by atomic mass is 10.2. The maximum Gasteiger partial charge on any atom is 0.0406 e. The van der Waals surface area contributed by atoms with Gasteiger partial charge in [0.05, 0.1) is 0 Å². The Bertz CT molecular complexity index is 419. The van der Waals surface area contributed by atoms with E-state index >= 15 is 0 Å². The van der Waals surface area contributed by atoms with Gasteiger partial charge in [0.15, 0.2) is 0 Å². The van der Waals surface area contributed by atoms with Crippen LogP contribution in [0.3, 0.4) is 0 Å². The molecule has 0 fully saturated rings. The van der Waals surface area contributed by atoms with Crippen LogP contribution < -0.4 is 4.72 Å². The van der Waals surface area contributed by atoms with Crippen LogP contribution in [0.5, 0.6) is 0 Å². The highest BCUT2D eigenvalue weighted by molar-refractivity contribution is 7.97. The second kappa shape index (κ2) is 6.10. The molecule has 0 radical (unpaired) electrons. The molecular weight excluding hydrogens is 250 g/mol. The first-order valence-corrected chi connectivity index (χ1v) is 6.64. The second-order valence-electron chi connectivity index (χ2n) is 3.86. The predicted octanol–water partition coefficient (Wildman–Crippen LogP) is 4.45. The van der Waals surface area contributed by atoms with Gasteiger partial charge in [0.2, 0.25) is 0 Å². The van der Waals surface area contributed by atoms with Crippen molar-refractivity contribution in [2.24, 2.45) is 0 Å². The Labute approximate surface area is 111 Å². The van der Waals surface area contributed by atoms with Crippen molar-refractivity contribution in [2.75, 3.05) is 0 Å². The molecule has 2 rings (SSSR count). The maximum absolute atomic E-state index is 5.83. The van der Waals surface area contributed by atoms with E-state index < -0.39 is 0 Å². The van der Waals surface area contributed by atoms with E-state index in [9.17, 15) is 0 Å². The molecule has 3 heteroatoms. The lowest BCUT2D eigenvalue weighted by Gasteiger charge is -2.04. The first-order valence-electron chi connectivity index (χ1n) is 5.45. The molecule has 0 spiro atoms. The third-order valence-corrected chi connectivity index (χ3v) is 3.45. The third-order valence-electron chi connectivity index (χ3n) is 2.40. The molecule has 0 heterocycles. The Morgan fingerprint density at radius 1 is 1.00 bits per heavy atom. The average Bonchev–Trinajstić information content (AvgIpc) is 2.34. The third kappa shape index (κ3) is 4.08. The minimum absolute atomic E-state index is 0.771. The van der Waals surface area contributed by atoms with Crippen LogP contribution in [-0.2, 0) is 6.54 Å². The molecule has 0 unspecified atom stereocenters. The van der Waals surface area contributed by atoms with Gasteiger partial charge in [-0.25, -0.2) is 0 Å². The quantitative estimate of drug-likeness (QED) is 0.818. The normalized spacial score (nSPS) is 10.5. The van der Waals surface area contributed by atoms with Crippen molar-refractivity contribution in [1.82, 2.24) is 4.72 Å². The number of halogens is 1. The molecule has 2 aromatic carbocycles. The molecule has 88 valence electrons. The second-order valence-corrected chi connectivity index (χ2v) is 5.26. The number of benzene rings is 2. The van der Waals surface area contributed by atoms with E-state index in [1.54, 1.807) is 11.9 Å². The van der Waals surface area contributed by atoms with E-state index in [2.05, 4.69) is 35.9 Å². The molecule has 1 N–H and O–H groups in total. The summed E-state index contributed by atoms with van der Waals surface area (Å²) in [6, 6.07) is 16.4. The Kier molecular flexibility index (Phi) is 4.49. The van der Waals surface area contributed by atoms with Gasteiger partial charge in [-0.2, -0.15) is 0 Å². The molecule has 0 aliphatic carbocycles. The topological polar surface area (TPSA) is 12.0 Å². The van der Waals surface area contributed by atoms with Gasteiger partial charge in [-0.15, -0.1) is 0 Å². The van der Waals surface area contributed by atoms with Crippen LogP contribution >= 0.6 is 23.5 Å². The molecule has 0 bridgehead atoms. The molecule has 2 aromatic rings. The van der Waals surface area contributed by atoms with Gasteiger partial charge >= 0.3 is 0 Å². The van der Waals surface area contributed by atoms with Gasteiger partial charge in [0, 0.05) is 16.5 Å². The highest BCUT2D eigenvalue weighted by Gasteiger charge is 1.95. The lowest BCUT2D eigenvalue weighted by Crippen LogP contribution is -2.02. The molecule has 0 aromatic heterocycles. The van der Waals surface area contributed by atoms with Crippen LogP contribution in [0.4, 0.5) is 0 Å². The Hall–Kier alpha value is -0.960. The molecule has 17 heavy (non-hydrogen) atoms. The van der Waals surface area contributed by atoms with Gasteiger partial charge in [0.25, 0.3) is 0 Å². The minimum atomic E-state index is 0.771. The summed E-state index contributed by atoms with van der Waals surface area (Å²) in [6.07, 6.45) is 0. The highest BCUT2D eigenvalue weighted by Crippen LogP contribution is 2.18. The number of hydrogen-bond acceptors (Lipinski definition) is 2. The summed E-state index contributed by atoms with van der Waals surface area (Å²) < 4.78 is 3.33. The fourth-order valence-electron chi connectivity index (χ4n) is 1.41. The molecule has 1 nitrogen and oxygen atoms in total. The van der Waals surface area contributed by atoms with Crippen molar-refractivity contribution in [2.45, 2.75) is 18.4 Å². The summed E-state index contributed by atoms with van der Waals surface area (Å²) in [4.78, 5) is 1.17. The van der Waals surface area contributed by atoms with E-state index in [0.29, 0.717) is 0 Å². The fourth-order valence-corrected chi connectivity index (χ4v) is 2.21. The van der Waals surface area contributed by atoms with Crippen molar-refractivity contribution in [1.29, 1.82) is 0 Å². The van der Waals surface area contributed by atoms with E-state index in [0.717, 1.165) is 11.6 Å². The zero-order valence-electron chi connectivity index (χ0n) is 9.61. The molecule has 0 saturated heterocycles. The summed E-state index contributed by atoms with van der Waals surface area (Å²) in [5.74, 6) is 0. The Morgan fingerprint density at radius 3 is 2.29 bits per heavy atom. The largest absolute Gasteiger partial charge is 0.255 e. The monoisotopic (exact) mass is 263 g/mol. The zero-order chi connectivity index (χ0) is 12.1. The van der Waals surface area contributed by atoms with Gasteiger partial charge < -0.3 is 0 Å². The van der Waals surface area contributed by atoms with Crippen LogP contribution in [0, 0.1) is 6.92 Å². The van der Waals surface area contributed by atoms with Crippen LogP contribution in [0.15, 0.2) is 53.4 Å². The van der Waals surface area contributed by atoms with Crippen LogP contribution in [0.2, 0.25) is 5.02 Å². The number of nitrogens with one attached hydrogen (secondary N) is 1. The van der Waals surface area contributed by atoms with Crippen molar-refractivity contribution >= 4 is 23.5 Å². The van der Waals surface area contributed by atoms with Gasteiger partial charge in [-0.3, -0.25) is 4.72 Å². The number of aryl methyl sites for hydroxylation is 1. The van der Waals surface area contributed by atoms with Gasteiger partial charge in [-0.05, 0) is 48.7 Å². The molecule has 0 saturated carbocycles. The Balaban J connectivity index is 1.83. The molecule has 0 atom stereocenters. The smallest absolute Gasteiger partial charge is 0.0406 e. The van der Waals surface area contributed by atoms with Crippen LogP contribution in [0.25, 0.3) is 0 Å². The lowest BCUT2D eigenvalue weighted by molar-refractivity contribution is 0.974. The summed E-state index contributed by atoms with van der Waals surface area (Å²) in [5.41, 5.74) is 2.58. The van der Waals surface area contributed by atoms with E-state index in [-0.39, 0.29) is 0 Å². The first kappa shape index (κ1) is 12.5. The summed E-state index contributed by atoms with van der Waals surface area (Å²) in [5, 5.41) is 0.771. The summed E-state index contributed by atoms with van der Waals surface area (Å²) in [7, 11) is 0. The maximum atomic E-state index is 5.83. The van der Waals surface area contributed by atoms with Crippen LogP contribution in [0.1, 0.15) is 11.1 Å². The number of hydrogen-bond donors (Lipinski definition) is 1. The summed E-state index contributed by atoms with van der Waals surface area (Å²) >= 11 is 7.45. The number of rotatable bonds is 4. The predicted molar refractivity (Wildman–Crippen MR) is 75.3 cm³/mol. The molecule has 0 amide bonds. The summed E-state index contributed by atoms with van der Waals surface area (Å²) in [6.45, 7) is 2.95. The molecule has 0 aliphatic rings. The van der Waals surface area contributed by atoms with Crippen LogP contribution in [-0.4, -0.2) is 0 Å². The van der Waals surface area contributed by atoms with Crippen molar-refractivity contribution in [3.8, 4) is 0 Å². The van der Waals surface area contributed by atoms with E-state index in [1.165, 1.54) is 16.0 Å². The van der Waals surface area contributed by atoms with Crippen molar-refractivity contribution in [3.05, 3.63) is 64.7 Å². The molecular formula is C14H14ClNS. The fraction of sp³-hybridized carbons (Fsp3) is 0.143. The van der Waals surface area contributed by atoms with Gasteiger partial charge in [-0.1, -0.05) is 41.4 Å². The molecule has 0 aliphatic heterocycles.